The molecule has 0 aliphatic carbocycles. The fraction of sp³-hybridized carbons (Fsp3) is 0.0488. The molecule has 2 aliphatic rings. The molecule has 0 fully saturated rings. The summed E-state index contributed by atoms with van der Waals surface area (Å²) in [7, 11) is 0. The summed E-state index contributed by atoms with van der Waals surface area (Å²) in [5.41, 5.74) is 11.5. The van der Waals surface area contributed by atoms with Crippen molar-refractivity contribution in [3.8, 4) is 22.4 Å². The van der Waals surface area contributed by atoms with Crippen LogP contribution in [-0.4, -0.2) is 11.5 Å². The number of hydrogen-bond donors (Lipinski definition) is 2. The van der Waals surface area contributed by atoms with Crippen molar-refractivity contribution in [2.24, 2.45) is 0 Å². The van der Waals surface area contributed by atoms with Gasteiger partial charge in [0.2, 0.25) is 0 Å². The van der Waals surface area contributed by atoms with Gasteiger partial charge in [0.25, 0.3) is 0 Å². The van der Waals surface area contributed by atoms with Gasteiger partial charge in [-0.1, -0.05) is 121 Å². The van der Waals surface area contributed by atoms with Gasteiger partial charge in [-0.3, -0.25) is 0 Å². The van der Waals surface area contributed by atoms with E-state index in [0.29, 0.717) is 0 Å². The molecular weight excluding hydrogens is 534 g/mol. The number of nitrogens with zero attached hydrogens (tertiary/aromatic N) is 1. The number of benzene rings is 6. The molecule has 1 unspecified atom stereocenters. The topological polar surface area (TPSA) is 37.0 Å². The molecule has 0 bridgehead atoms. The molecule has 0 spiro atoms. The third kappa shape index (κ3) is 4.09. The van der Waals surface area contributed by atoms with E-state index in [9.17, 15) is 0 Å². The van der Waals surface area contributed by atoms with Gasteiger partial charge >= 0.3 is 0 Å². The highest BCUT2D eigenvalue weighted by Crippen LogP contribution is 2.39. The van der Waals surface area contributed by atoms with E-state index in [1.165, 1.54) is 55.0 Å². The first-order chi connectivity index (χ1) is 21.8. The van der Waals surface area contributed by atoms with Crippen LogP contribution >= 0.6 is 0 Å². The van der Waals surface area contributed by atoms with E-state index in [1.807, 2.05) is 0 Å². The minimum atomic E-state index is 0.0931. The smallest absolute Gasteiger partial charge is 0.0721 e. The summed E-state index contributed by atoms with van der Waals surface area (Å²) in [6.45, 7) is 0.855. The van der Waals surface area contributed by atoms with E-state index in [1.54, 1.807) is 0 Å². The number of rotatable bonds is 3. The highest BCUT2D eigenvalue weighted by Gasteiger charge is 2.20. The van der Waals surface area contributed by atoms with Gasteiger partial charge in [0.15, 0.2) is 0 Å². The molecule has 2 aliphatic heterocycles. The Kier molecular flexibility index (Phi) is 5.63. The van der Waals surface area contributed by atoms with Crippen molar-refractivity contribution in [2.75, 3.05) is 17.2 Å². The molecule has 3 heterocycles. The lowest BCUT2D eigenvalue weighted by Gasteiger charge is -2.27. The molecule has 0 saturated heterocycles. The average Bonchev–Trinajstić information content (AvgIpc) is 3.10. The van der Waals surface area contributed by atoms with Crippen molar-refractivity contribution in [1.82, 2.24) is 4.98 Å². The number of fused-ring (bicyclic) bond motifs is 6. The Bertz CT molecular complexity index is 2330. The van der Waals surface area contributed by atoms with Crippen molar-refractivity contribution in [1.29, 1.82) is 0 Å². The molecule has 44 heavy (non-hydrogen) atoms. The molecule has 3 heteroatoms. The lowest BCUT2D eigenvalue weighted by molar-refractivity contribution is 0.976. The number of nitrogens with one attached hydrogen (secondary N) is 2. The maximum absolute atomic E-state index is 5.19. The maximum atomic E-state index is 5.19. The molecule has 6 aromatic carbocycles. The normalized spacial score (nSPS) is 15.1. The van der Waals surface area contributed by atoms with Gasteiger partial charge in [-0.25, -0.2) is 4.98 Å². The van der Waals surface area contributed by atoms with E-state index in [2.05, 4.69) is 156 Å². The SMILES string of the molecule is C1=Cc2cccc(C3C=Cc4ccc(-c5ccc6ccc(-c7cc8ccccc8c8ccccc78)cc6n5)cc4N3)c2NC1. The first-order valence-electron chi connectivity index (χ1n) is 15.2. The van der Waals surface area contributed by atoms with Crippen molar-refractivity contribution < 1.29 is 0 Å². The molecule has 2 N–H and O–H groups in total. The quantitative estimate of drug-likeness (QED) is 0.210. The molecule has 208 valence electrons. The Balaban J connectivity index is 1.10. The van der Waals surface area contributed by atoms with Gasteiger partial charge in [-0.2, -0.15) is 0 Å². The van der Waals surface area contributed by atoms with Crippen molar-refractivity contribution in [2.45, 2.75) is 6.04 Å². The van der Waals surface area contributed by atoms with Crippen LogP contribution < -0.4 is 10.6 Å². The predicted molar refractivity (Wildman–Crippen MR) is 187 cm³/mol. The molecule has 0 radical (unpaired) electrons. The molecule has 0 saturated carbocycles. The third-order valence-electron chi connectivity index (χ3n) is 9.06. The van der Waals surface area contributed by atoms with E-state index < -0.39 is 0 Å². The number of para-hydroxylation sites is 1. The molecule has 1 atom stereocenters. The van der Waals surface area contributed by atoms with Crippen LogP contribution in [0.25, 0.3) is 67.0 Å². The van der Waals surface area contributed by atoms with Gasteiger partial charge in [-0.15, -0.1) is 0 Å². The summed E-state index contributed by atoms with van der Waals surface area (Å²) in [4.78, 5) is 5.19. The summed E-state index contributed by atoms with van der Waals surface area (Å²) in [5.74, 6) is 0. The molecule has 1 aromatic heterocycles. The highest BCUT2D eigenvalue weighted by atomic mass is 14.9. The Morgan fingerprint density at radius 2 is 1.45 bits per heavy atom. The number of pyridine rings is 1. The number of anilines is 2. The summed E-state index contributed by atoms with van der Waals surface area (Å²) in [6, 6.07) is 43.9. The van der Waals surface area contributed by atoms with Crippen molar-refractivity contribution in [3.63, 3.8) is 0 Å². The standard InChI is InChI=1S/C41H29N3/c1-2-10-32-29(7-1)23-36(34-12-4-3-11-33(32)34)30-16-14-26-18-20-37(43-39(26)24-30)31-17-15-27-19-21-38(44-40(27)25-31)35-13-5-8-28-9-6-22-42-41(28)35/h1-21,23-25,38,42,44H,22H2. The van der Waals surface area contributed by atoms with E-state index in [-0.39, 0.29) is 6.04 Å². The van der Waals surface area contributed by atoms with E-state index in [4.69, 9.17) is 4.98 Å². The predicted octanol–water partition coefficient (Wildman–Crippen LogP) is 10.5. The largest absolute Gasteiger partial charge is 0.381 e. The van der Waals surface area contributed by atoms with Crippen LogP contribution in [0.3, 0.4) is 0 Å². The van der Waals surface area contributed by atoms with E-state index >= 15 is 0 Å². The minimum Gasteiger partial charge on any atom is -0.381 e. The molecule has 9 rings (SSSR count). The first-order valence-corrected chi connectivity index (χ1v) is 15.2. The van der Waals surface area contributed by atoms with Crippen LogP contribution in [-0.2, 0) is 0 Å². The van der Waals surface area contributed by atoms with Crippen LogP contribution in [0.4, 0.5) is 11.4 Å². The Labute approximate surface area is 256 Å². The second-order valence-electron chi connectivity index (χ2n) is 11.7. The third-order valence-corrected chi connectivity index (χ3v) is 9.06. The van der Waals surface area contributed by atoms with Gasteiger partial charge in [0.1, 0.15) is 0 Å². The molecule has 0 amide bonds. The monoisotopic (exact) mass is 563 g/mol. The fourth-order valence-electron chi connectivity index (χ4n) is 6.86. The second kappa shape index (κ2) is 9.96. The summed E-state index contributed by atoms with van der Waals surface area (Å²) < 4.78 is 0. The summed E-state index contributed by atoms with van der Waals surface area (Å²) >= 11 is 0. The first kappa shape index (κ1) is 24.9. The van der Waals surface area contributed by atoms with E-state index in [0.717, 1.165) is 34.4 Å². The van der Waals surface area contributed by atoms with Gasteiger partial charge in [0.05, 0.1) is 17.3 Å². The van der Waals surface area contributed by atoms with Crippen LogP contribution in [0.15, 0.2) is 133 Å². The maximum Gasteiger partial charge on any atom is 0.0721 e. The van der Waals surface area contributed by atoms with Crippen LogP contribution in [0.5, 0.6) is 0 Å². The molecule has 7 aromatic rings. The number of hydrogen-bond acceptors (Lipinski definition) is 3. The summed E-state index contributed by atoms with van der Waals surface area (Å²) in [5, 5.41) is 13.6. The lowest BCUT2D eigenvalue weighted by Crippen LogP contribution is -2.16. The molecule has 3 nitrogen and oxygen atoms in total. The zero-order chi connectivity index (χ0) is 29.0. The zero-order valence-electron chi connectivity index (χ0n) is 24.1. The average molecular weight is 564 g/mol. The van der Waals surface area contributed by atoms with Gasteiger partial charge in [0, 0.05) is 34.4 Å². The minimum absolute atomic E-state index is 0.0931. The lowest BCUT2D eigenvalue weighted by atomic mass is 9.93. The van der Waals surface area contributed by atoms with Crippen LogP contribution in [0, 0.1) is 0 Å². The zero-order valence-corrected chi connectivity index (χ0v) is 24.1. The summed E-state index contributed by atoms with van der Waals surface area (Å²) in [6.07, 6.45) is 8.85. The Morgan fingerprint density at radius 3 is 2.41 bits per heavy atom. The van der Waals surface area contributed by atoms with Crippen LogP contribution in [0.1, 0.15) is 22.7 Å². The second-order valence-corrected chi connectivity index (χ2v) is 11.7. The molecular formula is C41H29N3. The highest BCUT2D eigenvalue weighted by molar-refractivity contribution is 6.14. The fourth-order valence-corrected chi connectivity index (χ4v) is 6.86. The number of aromatic nitrogens is 1. The van der Waals surface area contributed by atoms with Crippen molar-refractivity contribution in [3.05, 3.63) is 150 Å². The van der Waals surface area contributed by atoms with Crippen LogP contribution in [0.2, 0.25) is 0 Å². The van der Waals surface area contributed by atoms with Gasteiger partial charge in [-0.05, 0) is 68.1 Å². The Morgan fingerprint density at radius 1 is 0.614 bits per heavy atom. The Hall–Kier alpha value is -5.67. The van der Waals surface area contributed by atoms with Crippen molar-refractivity contribution >= 4 is 56.0 Å². The van der Waals surface area contributed by atoms with Gasteiger partial charge < -0.3 is 10.6 Å².